The fourth-order valence-electron chi connectivity index (χ4n) is 4.12. The molecule has 0 radical (unpaired) electrons. The Hall–Kier alpha value is -2.77. The van der Waals surface area contributed by atoms with E-state index in [0.29, 0.717) is 11.7 Å². The van der Waals surface area contributed by atoms with Gasteiger partial charge < -0.3 is 19.9 Å². The van der Waals surface area contributed by atoms with E-state index in [2.05, 4.69) is 50.7 Å². The quantitative estimate of drug-likeness (QED) is 0.634. The van der Waals surface area contributed by atoms with E-state index in [1.54, 1.807) is 6.20 Å². The van der Waals surface area contributed by atoms with Gasteiger partial charge in [0.05, 0.1) is 24.4 Å². The van der Waals surface area contributed by atoms with Crippen LogP contribution in [0.2, 0.25) is 0 Å². The summed E-state index contributed by atoms with van der Waals surface area (Å²) >= 11 is 5.61. The lowest BCUT2D eigenvalue weighted by Gasteiger charge is -2.27. The molecule has 1 aliphatic heterocycles. The Bertz CT molecular complexity index is 1020. The van der Waals surface area contributed by atoms with Gasteiger partial charge in [-0.15, -0.1) is 0 Å². The topological polar surface area (TPSA) is 66.2 Å². The van der Waals surface area contributed by atoms with Crippen LogP contribution in [0, 0.1) is 20.8 Å². The molecule has 4 rings (SSSR count). The maximum atomic E-state index is 9.64. The lowest BCUT2D eigenvalue weighted by atomic mass is 9.97. The molecule has 0 saturated carbocycles. The minimum absolute atomic E-state index is 0.0332. The highest BCUT2D eigenvalue weighted by molar-refractivity contribution is 7.80. The minimum Gasteiger partial charge on any atom is -0.395 e. The molecule has 150 valence electrons. The second-order valence-electron chi connectivity index (χ2n) is 7.40. The zero-order chi connectivity index (χ0) is 20.5. The van der Waals surface area contributed by atoms with Gasteiger partial charge in [0.25, 0.3) is 0 Å². The second-order valence-corrected chi connectivity index (χ2v) is 7.79. The standard InChI is InChI=1S/C22H25N5OS/c1-14-7-8-19(24-13-14)27-15(2)12-17(16(27)3)21-20(18-6-4-5-9-23-18)25-22(29)26(21)10-11-28/h4-9,12-13,20-21,28H,10-11H2,1-3H3,(H,25,29)/t20-,21-/m1/s1. The normalized spacial score (nSPS) is 18.9. The molecule has 1 saturated heterocycles. The van der Waals surface area contributed by atoms with E-state index in [1.807, 2.05) is 37.4 Å². The van der Waals surface area contributed by atoms with Crippen molar-refractivity contribution in [2.75, 3.05) is 13.2 Å². The monoisotopic (exact) mass is 407 g/mol. The van der Waals surface area contributed by atoms with Gasteiger partial charge in [0, 0.05) is 30.3 Å². The fraction of sp³-hybridized carbons (Fsp3) is 0.318. The first-order valence-electron chi connectivity index (χ1n) is 9.72. The highest BCUT2D eigenvalue weighted by Crippen LogP contribution is 2.41. The van der Waals surface area contributed by atoms with Crippen molar-refractivity contribution in [3.05, 3.63) is 77.0 Å². The molecule has 0 bridgehead atoms. The van der Waals surface area contributed by atoms with Gasteiger partial charge >= 0.3 is 0 Å². The van der Waals surface area contributed by atoms with Crippen molar-refractivity contribution in [2.24, 2.45) is 0 Å². The zero-order valence-corrected chi connectivity index (χ0v) is 17.6. The first-order chi connectivity index (χ1) is 14.0. The summed E-state index contributed by atoms with van der Waals surface area (Å²) in [6, 6.07) is 12.1. The van der Waals surface area contributed by atoms with Crippen molar-refractivity contribution in [3.8, 4) is 5.82 Å². The van der Waals surface area contributed by atoms with E-state index < -0.39 is 0 Å². The van der Waals surface area contributed by atoms with Gasteiger partial charge in [-0.25, -0.2) is 4.98 Å². The molecule has 1 fully saturated rings. The second kappa shape index (κ2) is 7.93. The predicted octanol–water partition coefficient (Wildman–Crippen LogP) is 3.16. The molecule has 3 aromatic heterocycles. The van der Waals surface area contributed by atoms with E-state index in [9.17, 15) is 5.11 Å². The van der Waals surface area contributed by atoms with Crippen LogP contribution in [0.1, 0.15) is 40.3 Å². The molecule has 0 aromatic carbocycles. The average molecular weight is 408 g/mol. The van der Waals surface area contributed by atoms with E-state index in [0.717, 1.165) is 34.0 Å². The molecule has 4 heterocycles. The maximum Gasteiger partial charge on any atom is 0.170 e. The van der Waals surface area contributed by atoms with Crippen LogP contribution in [0.5, 0.6) is 0 Å². The Morgan fingerprint density at radius 3 is 2.62 bits per heavy atom. The first-order valence-corrected chi connectivity index (χ1v) is 10.1. The lowest BCUT2D eigenvalue weighted by molar-refractivity contribution is 0.223. The number of pyridine rings is 2. The Kier molecular flexibility index (Phi) is 5.34. The molecule has 29 heavy (non-hydrogen) atoms. The highest BCUT2D eigenvalue weighted by atomic mass is 32.1. The largest absolute Gasteiger partial charge is 0.395 e. The molecule has 2 atom stereocenters. The van der Waals surface area contributed by atoms with Crippen LogP contribution in [0.25, 0.3) is 5.82 Å². The summed E-state index contributed by atoms with van der Waals surface area (Å²) in [6.07, 6.45) is 3.68. The molecule has 7 heteroatoms. The summed E-state index contributed by atoms with van der Waals surface area (Å²) in [4.78, 5) is 11.2. The molecular weight excluding hydrogens is 382 g/mol. The van der Waals surface area contributed by atoms with E-state index in [1.165, 1.54) is 0 Å². The number of aryl methyl sites for hydroxylation is 2. The Labute approximate surface area is 176 Å². The summed E-state index contributed by atoms with van der Waals surface area (Å²) < 4.78 is 2.17. The highest BCUT2D eigenvalue weighted by Gasteiger charge is 2.41. The lowest BCUT2D eigenvalue weighted by Crippen LogP contribution is -2.32. The van der Waals surface area contributed by atoms with Gasteiger partial charge in [0.1, 0.15) is 5.82 Å². The van der Waals surface area contributed by atoms with Gasteiger partial charge in [-0.3, -0.25) is 4.98 Å². The predicted molar refractivity (Wildman–Crippen MR) is 117 cm³/mol. The number of β-amino-alcohol motifs (C(OH)–C–C–N with tert-alkyl or cyclic N) is 1. The van der Waals surface area contributed by atoms with E-state index in [4.69, 9.17) is 12.2 Å². The Morgan fingerprint density at radius 1 is 1.14 bits per heavy atom. The number of hydrogen-bond donors (Lipinski definition) is 2. The summed E-state index contributed by atoms with van der Waals surface area (Å²) in [7, 11) is 0. The van der Waals surface area contributed by atoms with Crippen LogP contribution in [0.15, 0.2) is 48.8 Å². The smallest absolute Gasteiger partial charge is 0.170 e. The van der Waals surface area contributed by atoms with Gasteiger partial charge in [-0.2, -0.15) is 0 Å². The van der Waals surface area contributed by atoms with E-state index >= 15 is 0 Å². The van der Waals surface area contributed by atoms with Crippen LogP contribution < -0.4 is 5.32 Å². The number of aliphatic hydroxyl groups excluding tert-OH is 1. The Morgan fingerprint density at radius 2 is 1.97 bits per heavy atom. The number of rotatable bonds is 5. The first kappa shape index (κ1) is 19.5. The third kappa shape index (κ3) is 3.52. The summed E-state index contributed by atoms with van der Waals surface area (Å²) in [5.74, 6) is 0.897. The van der Waals surface area contributed by atoms with Crippen LogP contribution in [0.4, 0.5) is 0 Å². The number of nitrogens with one attached hydrogen (secondary N) is 1. The van der Waals surface area contributed by atoms with Crippen molar-refractivity contribution in [1.29, 1.82) is 0 Å². The van der Waals surface area contributed by atoms with Gasteiger partial charge in [0.15, 0.2) is 5.11 Å². The van der Waals surface area contributed by atoms with Gasteiger partial charge in [-0.05, 0) is 68.4 Å². The number of aromatic nitrogens is 3. The third-order valence-electron chi connectivity index (χ3n) is 5.45. The van der Waals surface area contributed by atoms with Crippen LogP contribution in [-0.4, -0.2) is 42.8 Å². The fourth-order valence-corrected chi connectivity index (χ4v) is 4.46. The van der Waals surface area contributed by atoms with Crippen molar-refractivity contribution in [1.82, 2.24) is 24.8 Å². The molecule has 1 aliphatic rings. The van der Waals surface area contributed by atoms with Gasteiger partial charge in [-0.1, -0.05) is 12.1 Å². The van der Waals surface area contributed by atoms with Crippen molar-refractivity contribution in [3.63, 3.8) is 0 Å². The third-order valence-corrected chi connectivity index (χ3v) is 5.80. The number of thiocarbonyl (C=S) groups is 1. The van der Waals surface area contributed by atoms with Crippen molar-refractivity contribution in [2.45, 2.75) is 32.9 Å². The average Bonchev–Trinajstić information content (AvgIpc) is 3.20. The molecular formula is C22H25N5OS. The van der Waals surface area contributed by atoms with Crippen molar-refractivity contribution < 1.29 is 5.11 Å². The molecule has 0 unspecified atom stereocenters. The number of aliphatic hydroxyl groups is 1. The minimum atomic E-state index is -0.0878. The maximum absolute atomic E-state index is 9.64. The van der Waals surface area contributed by atoms with Crippen LogP contribution >= 0.6 is 12.2 Å². The van der Waals surface area contributed by atoms with E-state index in [-0.39, 0.29) is 18.7 Å². The number of hydrogen-bond acceptors (Lipinski definition) is 4. The summed E-state index contributed by atoms with van der Waals surface area (Å²) in [5, 5.41) is 13.7. The van der Waals surface area contributed by atoms with Gasteiger partial charge in [0.2, 0.25) is 0 Å². The van der Waals surface area contributed by atoms with Crippen LogP contribution in [0.3, 0.4) is 0 Å². The molecule has 6 nitrogen and oxygen atoms in total. The summed E-state index contributed by atoms with van der Waals surface area (Å²) in [6.45, 7) is 6.73. The molecule has 0 aliphatic carbocycles. The SMILES string of the molecule is Cc1ccc(-n2c(C)cc([C@@H]3[C@@H](c4ccccn4)NC(=S)N3CCO)c2C)nc1. The van der Waals surface area contributed by atoms with Crippen molar-refractivity contribution >= 4 is 17.3 Å². The number of nitrogens with zero attached hydrogens (tertiary/aromatic N) is 4. The summed E-state index contributed by atoms with van der Waals surface area (Å²) in [5.41, 5.74) is 5.43. The zero-order valence-electron chi connectivity index (χ0n) is 16.8. The Balaban J connectivity index is 1.82. The molecule has 0 amide bonds. The molecule has 0 spiro atoms. The van der Waals surface area contributed by atoms with Crippen LogP contribution in [-0.2, 0) is 0 Å². The molecule has 3 aromatic rings. The molecule has 2 N–H and O–H groups in total.